The molecule has 1 aromatic heterocycles. The van der Waals surface area contributed by atoms with Crippen molar-refractivity contribution in [1.82, 2.24) is 4.31 Å². The van der Waals surface area contributed by atoms with Crippen LogP contribution in [-0.2, 0) is 11.4 Å². The molecule has 0 fully saturated rings. The first kappa shape index (κ1) is 15.4. The van der Waals surface area contributed by atoms with Gasteiger partial charge >= 0.3 is 0 Å². The standard InChI is InChI=1S/C15H20FNO2S/c1-10(17(5)20(18)15(2,3)4)13-8-11-6-7-12(16)9-14(11)19-13/h6-10H,1-5H3. The molecule has 0 amide bonds. The van der Waals surface area contributed by atoms with E-state index in [1.165, 1.54) is 12.1 Å². The van der Waals surface area contributed by atoms with Crippen LogP contribution in [0.25, 0.3) is 11.0 Å². The minimum absolute atomic E-state index is 0.148. The Morgan fingerprint density at radius 2 is 1.95 bits per heavy atom. The summed E-state index contributed by atoms with van der Waals surface area (Å²) in [6.45, 7) is 7.72. The molecule has 2 unspecified atom stereocenters. The first-order chi connectivity index (χ1) is 9.20. The molecule has 0 aliphatic heterocycles. The molecule has 1 heterocycles. The fourth-order valence-corrected chi connectivity index (χ4v) is 3.24. The predicted molar refractivity (Wildman–Crippen MR) is 80.2 cm³/mol. The van der Waals surface area contributed by atoms with Crippen LogP contribution in [0.1, 0.15) is 39.5 Å². The lowest BCUT2D eigenvalue weighted by Gasteiger charge is -2.32. The van der Waals surface area contributed by atoms with Gasteiger partial charge in [-0.1, -0.05) is 0 Å². The summed E-state index contributed by atoms with van der Waals surface area (Å²) < 4.78 is 32.7. The Bertz CT molecular complexity index is 605. The summed E-state index contributed by atoms with van der Waals surface area (Å²) in [5, 5.41) is 0.850. The van der Waals surface area contributed by atoms with Gasteiger partial charge in [-0.15, -0.1) is 4.31 Å². The van der Waals surface area contributed by atoms with Crippen LogP contribution >= 0.6 is 0 Å². The number of hydrogen-bond donors (Lipinski definition) is 0. The van der Waals surface area contributed by atoms with Gasteiger partial charge < -0.3 is 8.97 Å². The van der Waals surface area contributed by atoms with Crippen LogP contribution in [0.4, 0.5) is 4.39 Å². The summed E-state index contributed by atoms with van der Waals surface area (Å²) >= 11 is -1.14. The summed E-state index contributed by atoms with van der Waals surface area (Å²) in [4.78, 5) is 0. The van der Waals surface area contributed by atoms with E-state index in [4.69, 9.17) is 4.42 Å². The highest BCUT2D eigenvalue weighted by molar-refractivity contribution is 7.90. The van der Waals surface area contributed by atoms with E-state index in [1.807, 2.05) is 33.8 Å². The molecule has 2 rings (SSSR count). The predicted octanol–water partition coefficient (Wildman–Crippen LogP) is 4.03. The van der Waals surface area contributed by atoms with Gasteiger partial charge in [-0.2, -0.15) is 0 Å². The maximum absolute atomic E-state index is 13.2. The number of nitrogens with zero attached hydrogens (tertiary/aromatic N) is 1. The topological polar surface area (TPSA) is 39.4 Å². The number of furan rings is 1. The summed E-state index contributed by atoms with van der Waals surface area (Å²) in [6, 6.07) is 6.18. The zero-order valence-corrected chi connectivity index (χ0v) is 13.3. The lowest BCUT2D eigenvalue weighted by atomic mass is 10.2. The van der Waals surface area contributed by atoms with Crippen molar-refractivity contribution in [3.8, 4) is 0 Å². The molecule has 2 atom stereocenters. The van der Waals surface area contributed by atoms with Gasteiger partial charge in [0.2, 0.25) is 0 Å². The van der Waals surface area contributed by atoms with Crippen LogP contribution in [0.5, 0.6) is 0 Å². The Morgan fingerprint density at radius 1 is 1.30 bits per heavy atom. The average Bonchev–Trinajstić information content (AvgIpc) is 2.77. The van der Waals surface area contributed by atoms with E-state index in [-0.39, 0.29) is 16.6 Å². The molecule has 0 saturated carbocycles. The van der Waals surface area contributed by atoms with Crippen molar-refractivity contribution < 1.29 is 13.4 Å². The number of benzene rings is 1. The highest BCUT2D eigenvalue weighted by atomic mass is 32.2. The van der Waals surface area contributed by atoms with Gasteiger partial charge in [0.1, 0.15) is 27.9 Å². The molecule has 0 bridgehead atoms. The molecule has 0 N–H and O–H groups in total. The molecule has 20 heavy (non-hydrogen) atoms. The lowest BCUT2D eigenvalue weighted by molar-refractivity contribution is 0.338. The van der Waals surface area contributed by atoms with Crippen LogP contribution < -0.4 is 0 Å². The van der Waals surface area contributed by atoms with Gasteiger partial charge in [-0.05, 0) is 45.9 Å². The van der Waals surface area contributed by atoms with Gasteiger partial charge in [0.05, 0.1) is 0 Å². The molecule has 110 valence electrons. The van der Waals surface area contributed by atoms with Crippen LogP contribution in [-0.4, -0.2) is 20.7 Å². The maximum atomic E-state index is 13.2. The monoisotopic (exact) mass is 297 g/mol. The molecule has 0 radical (unpaired) electrons. The minimum atomic E-state index is -1.14. The van der Waals surface area contributed by atoms with Crippen molar-refractivity contribution in [2.45, 2.75) is 38.5 Å². The quantitative estimate of drug-likeness (QED) is 0.803. The molecule has 2 aromatic rings. The highest BCUT2D eigenvalue weighted by Gasteiger charge is 2.35. The Hall–Kier alpha value is -1.04. The van der Waals surface area contributed by atoms with E-state index in [1.54, 1.807) is 17.4 Å². The largest absolute Gasteiger partial charge is 0.597 e. The SMILES string of the molecule is CC(c1cc2ccc(F)cc2o1)N(C)[S+]([O-])C(C)(C)C. The van der Waals surface area contributed by atoms with Crippen molar-refractivity contribution >= 4 is 22.3 Å². The minimum Gasteiger partial charge on any atom is -0.597 e. The van der Waals surface area contributed by atoms with Gasteiger partial charge in [-0.3, -0.25) is 0 Å². The third kappa shape index (κ3) is 3.00. The Labute approximate surface area is 122 Å². The molecule has 1 aromatic carbocycles. The number of halogens is 1. The molecular weight excluding hydrogens is 277 g/mol. The molecule has 0 aliphatic carbocycles. The van der Waals surface area contributed by atoms with Gasteiger partial charge in [0, 0.05) is 29.9 Å². The van der Waals surface area contributed by atoms with E-state index in [0.29, 0.717) is 11.3 Å². The molecule has 5 heteroatoms. The van der Waals surface area contributed by atoms with Crippen LogP contribution in [0.15, 0.2) is 28.7 Å². The summed E-state index contributed by atoms with van der Waals surface area (Å²) in [5.41, 5.74) is 0.516. The third-order valence-electron chi connectivity index (χ3n) is 3.24. The Morgan fingerprint density at radius 3 is 2.55 bits per heavy atom. The average molecular weight is 297 g/mol. The molecule has 0 saturated heterocycles. The van der Waals surface area contributed by atoms with Crippen LogP contribution in [0.2, 0.25) is 0 Å². The van der Waals surface area contributed by atoms with E-state index < -0.39 is 11.4 Å². The number of hydrogen-bond acceptors (Lipinski definition) is 3. The zero-order chi connectivity index (χ0) is 15.1. The second-order valence-electron chi connectivity index (χ2n) is 5.91. The van der Waals surface area contributed by atoms with Gasteiger partial charge in [0.25, 0.3) is 0 Å². The smallest absolute Gasteiger partial charge is 0.137 e. The van der Waals surface area contributed by atoms with Gasteiger partial charge in [0.15, 0.2) is 0 Å². The highest BCUT2D eigenvalue weighted by Crippen LogP contribution is 2.31. The van der Waals surface area contributed by atoms with E-state index in [0.717, 1.165) is 5.39 Å². The second-order valence-corrected chi connectivity index (χ2v) is 8.21. The summed E-state index contributed by atoms with van der Waals surface area (Å²) in [5.74, 6) is 0.364. The maximum Gasteiger partial charge on any atom is 0.137 e. The van der Waals surface area contributed by atoms with E-state index in [2.05, 4.69) is 0 Å². The second kappa shape index (κ2) is 5.39. The van der Waals surface area contributed by atoms with E-state index in [9.17, 15) is 8.94 Å². The normalized spacial score (nSPS) is 15.8. The van der Waals surface area contributed by atoms with Crippen molar-refractivity contribution in [2.24, 2.45) is 0 Å². The lowest BCUT2D eigenvalue weighted by Crippen LogP contribution is -2.41. The summed E-state index contributed by atoms with van der Waals surface area (Å²) in [7, 11) is 1.81. The Kier molecular flexibility index (Phi) is 4.14. The summed E-state index contributed by atoms with van der Waals surface area (Å²) in [6.07, 6.45) is 0. The van der Waals surface area contributed by atoms with Crippen molar-refractivity contribution in [1.29, 1.82) is 0 Å². The fourth-order valence-electron chi connectivity index (χ4n) is 1.99. The number of rotatable bonds is 3. The van der Waals surface area contributed by atoms with Crippen LogP contribution in [0.3, 0.4) is 0 Å². The first-order valence-corrected chi connectivity index (χ1v) is 7.64. The first-order valence-electron chi connectivity index (χ1n) is 6.54. The Balaban J connectivity index is 2.29. The zero-order valence-electron chi connectivity index (χ0n) is 12.4. The number of fused-ring (bicyclic) bond motifs is 1. The molecule has 3 nitrogen and oxygen atoms in total. The molecule has 0 aliphatic rings. The third-order valence-corrected chi connectivity index (χ3v) is 5.13. The van der Waals surface area contributed by atoms with Crippen molar-refractivity contribution in [2.75, 3.05) is 7.05 Å². The van der Waals surface area contributed by atoms with Crippen molar-refractivity contribution in [3.05, 3.63) is 35.8 Å². The van der Waals surface area contributed by atoms with Gasteiger partial charge in [-0.25, -0.2) is 4.39 Å². The van der Waals surface area contributed by atoms with Crippen LogP contribution in [0, 0.1) is 5.82 Å². The fraction of sp³-hybridized carbons (Fsp3) is 0.467. The molecule has 0 spiro atoms. The molecular formula is C15H20FNO2S. The van der Waals surface area contributed by atoms with Crippen molar-refractivity contribution in [3.63, 3.8) is 0 Å². The van der Waals surface area contributed by atoms with E-state index >= 15 is 0 Å².